The summed E-state index contributed by atoms with van der Waals surface area (Å²) in [6.45, 7) is 0. The average Bonchev–Trinajstić information content (AvgIpc) is 2.40. The van der Waals surface area contributed by atoms with Gasteiger partial charge in [0, 0.05) is 12.6 Å². The molecule has 0 bridgehead atoms. The molecule has 0 aromatic carbocycles. The Morgan fingerprint density at radius 1 is 1.42 bits per heavy atom. The normalized spacial score (nSPS) is 16.0. The summed E-state index contributed by atoms with van der Waals surface area (Å²) >= 11 is 1.93. The van der Waals surface area contributed by atoms with Gasteiger partial charge in [-0.05, 0) is 42.4 Å². The summed E-state index contributed by atoms with van der Waals surface area (Å²) < 4.78 is 0. The predicted molar refractivity (Wildman–Crippen MR) is 74.5 cm³/mol. The molecule has 0 radical (unpaired) electrons. The number of carboxylic acids is 1. The molecule has 2 rings (SSSR count). The number of rotatable bonds is 4. The monoisotopic (exact) mass is 280 g/mol. The zero-order valence-electron chi connectivity index (χ0n) is 10.5. The first-order valence-electron chi connectivity index (χ1n) is 6.22. The van der Waals surface area contributed by atoms with Gasteiger partial charge in [0.2, 0.25) is 5.91 Å². The van der Waals surface area contributed by atoms with Gasteiger partial charge in [-0.2, -0.15) is 11.8 Å². The fourth-order valence-electron chi connectivity index (χ4n) is 2.04. The van der Waals surface area contributed by atoms with Crippen LogP contribution < -0.4 is 5.32 Å². The molecule has 102 valence electrons. The van der Waals surface area contributed by atoms with Crippen LogP contribution in [0, 0.1) is 5.92 Å². The van der Waals surface area contributed by atoms with Crippen molar-refractivity contribution in [2.75, 3.05) is 16.8 Å². The maximum Gasteiger partial charge on any atom is 0.335 e. The van der Waals surface area contributed by atoms with Crippen LogP contribution in [0.4, 0.5) is 5.82 Å². The molecule has 0 unspecified atom stereocenters. The van der Waals surface area contributed by atoms with Crippen LogP contribution in [0.2, 0.25) is 0 Å². The summed E-state index contributed by atoms with van der Waals surface area (Å²) in [4.78, 5) is 26.6. The highest BCUT2D eigenvalue weighted by Gasteiger charge is 2.17. The number of hydrogen-bond acceptors (Lipinski definition) is 4. The summed E-state index contributed by atoms with van der Waals surface area (Å²) in [5, 5.41) is 11.5. The van der Waals surface area contributed by atoms with Crippen LogP contribution in [-0.4, -0.2) is 33.5 Å². The van der Waals surface area contributed by atoms with Crippen LogP contribution in [0.15, 0.2) is 18.3 Å². The largest absolute Gasteiger partial charge is 0.478 e. The Morgan fingerprint density at radius 3 is 2.84 bits per heavy atom. The predicted octanol–water partition coefficient (Wildman–Crippen LogP) is 2.25. The lowest BCUT2D eigenvalue weighted by Gasteiger charge is -2.20. The number of carboxylic acid groups (broad SMARTS) is 1. The van der Waals surface area contributed by atoms with Crippen LogP contribution >= 0.6 is 11.8 Å². The van der Waals surface area contributed by atoms with E-state index in [1.54, 1.807) is 0 Å². The number of pyridine rings is 1. The quantitative estimate of drug-likeness (QED) is 0.884. The third kappa shape index (κ3) is 4.24. The van der Waals surface area contributed by atoms with Crippen molar-refractivity contribution >= 4 is 29.5 Å². The maximum absolute atomic E-state index is 11.9. The molecule has 2 N–H and O–H groups in total. The van der Waals surface area contributed by atoms with Crippen LogP contribution in [0.1, 0.15) is 29.6 Å². The van der Waals surface area contributed by atoms with E-state index in [1.165, 1.54) is 18.3 Å². The highest BCUT2D eigenvalue weighted by molar-refractivity contribution is 7.99. The van der Waals surface area contributed by atoms with Gasteiger partial charge < -0.3 is 10.4 Å². The summed E-state index contributed by atoms with van der Waals surface area (Å²) in [7, 11) is 0. The first-order chi connectivity index (χ1) is 9.15. The first kappa shape index (κ1) is 13.9. The highest BCUT2D eigenvalue weighted by Crippen LogP contribution is 2.25. The van der Waals surface area contributed by atoms with E-state index in [-0.39, 0.29) is 11.5 Å². The lowest BCUT2D eigenvalue weighted by molar-refractivity contribution is -0.117. The van der Waals surface area contributed by atoms with Crippen molar-refractivity contribution < 1.29 is 14.7 Å². The van der Waals surface area contributed by atoms with E-state index in [9.17, 15) is 9.59 Å². The third-order valence-electron chi connectivity index (χ3n) is 3.09. The van der Waals surface area contributed by atoms with E-state index in [4.69, 9.17) is 5.11 Å². The van der Waals surface area contributed by atoms with E-state index in [2.05, 4.69) is 10.3 Å². The minimum absolute atomic E-state index is 0.0908. The molecule has 1 aliphatic heterocycles. The van der Waals surface area contributed by atoms with E-state index < -0.39 is 5.97 Å². The zero-order chi connectivity index (χ0) is 13.7. The molecular formula is C13H16N2O3S. The molecule has 0 aliphatic carbocycles. The van der Waals surface area contributed by atoms with Crippen LogP contribution in [0.3, 0.4) is 0 Å². The molecule has 1 aromatic heterocycles. The Bertz CT molecular complexity index is 473. The van der Waals surface area contributed by atoms with E-state index in [1.807, 2.05) is 11.8 Å². The SMILES string of the molecule is O=C(CC1CCSCC1)Nc1cc(C(=O)O)ccn1. The van der Waals surface area contributed by atoms with Crippen LogP contribution in [-0.2, 0) is 4.79 Å². The molecule has 5 nitrogen and oxygen atoms in total. The molecular weight excluding hydrogens is 264 g/mol. The van der Waals surface area contributed by atoms with Crippen molar-refractivity contribution in [3.63, 3.8) is 0 Å². The molecule has 1 aliphatic rings. The number of aromatic carboxylic acids is 1. The smallest absolute Gasteiger partial charge is 0.335 e. The summed E-state index contributed by atoms with van der Waals surface area (Å²) in [5.74, 6) is 1.85. The Labute approximate surface area is 115 Å². The van der Waals surface area contributed by atoms with Crippen molar-refractivity contribution in [3.05, 3.63) is 23.9 Å². The van der Waals surface area contributed by atoms with Gasteiger partial charge in [0.05, 0.1) is 5.56 Å². The van der Waals surface area contributed by atoms with Crippen molar-refractivity contribution in [2.45, 2.75) is 19.3 Å². The van der Waals surface area contributed by atoms with Gasteiger partial charge >= 0.3 is 5.97 Å². The number of nitrogens with zero attached hydrogens (tertiary/aromatic N) is 1. The van der Waals surface area contributed by atoms with Gasteiger partial charge in [-0.1, -0.05) is 0 Å². The molecule has 0 atom stereocenters. The molecule has 0 saturated carbocycles. The topological polar surface area (TPSA) is 79.3 Å². The molecule has 1 amide bonds. The second-order valence-electron chi connectivity index (χ2n) is 4.54. The fourth-order valence-corrected chi connectivity index (χ4v) is 3.24. The average molecular weight is 280 g/mol. The van der Waals surface area contributed by atoms with Gasteiger partial charge in [-0.25, -0.2) is 9.78 Å². The van der Waals surface area contributed by atoms with E-state index in [0.717, 1.165) is 24.3 Å². The zero-order valence-corrected chi connectivity index (χ0v) is 11.3. The number of carbonyl (C=O) groups is 2. The van der Waals surface area contributed by atoms with Gasteiger partial charge in [0.1, 0.15) is 5.82 Å². The second kappa shape index (κ2) is 6.56. The first-order valence-corrected chi connectivity index (χ1v) is 7.37. The lowest BCUT2D eigenvalue weighted by Crippen LogP contribution is -2.20. The van der Waals surface area contributed by atoms with E-state index in [0.29, 0.717) is 18.2 Å². The lowest BCUT2D eigenvalue weighted by atomic mass is 9.98. The van der Waals surface area contributed by atoms with E-state index >= 15 is 0 Å². The third-order valence-corrected chi connectivity index (χ3v) is 4.14. The van der Waals surface area contributed by atoms with Gasteiger partial charge in [0.15, 0.2) is 0 Å². The molecule has 1 saturated heterocycles. The minimum Gasteiger partial charge on any atom is -0.478 e. The van der Waals surface area contributed by atoms with Crippen molar-refractivity contribution in [2.24, 2.45) is 5.92 Å². The molecule has 2 heterocycles. The summed E-state index contributed by atoms with van der Waals surface area (Å²) in [6.07, 6.45) is 4.01. The summed E-state index contributed by atoms with van der Waals surface area (Å²) in [5.41, 5.74) is 0.124. The van der Waals surface area contributed by atoms with Gasteiger partial charge in [0.25, 0.3) is 0 Å². The second-order valence-corrected chi connectivity index (χ2v) is 5.77. The van der Waals surface area contributed by atoms with Crippen molar-refractivity contribution in [3.8, 4) is 0 Å². The van der Waals surface area contributed by atoms with Crippen LogP contribution in [0.5, 0.6) is 0 Å². The number of anilines is 1. The fraction of sp³-hybridized carbons (Fsp3) is 0.462. The Hall–Kier alpha value is -1.56. The summed E-state index contributed by atoms with van der Waals surface area (Å²) in [6, 6.07) is 2.77. The van der Waals surface area contributed by atoms with Gasteiger partial charge in [-0.15, -0.1) is 0 Å². The number of carbonyl (C=O) groups excluding carboxylic acids is 1. The highest BCUT2D eigenvalue weighted by atomic mass is 32.2. The van der Waals surface area contributed by atoms with Crippen molar-refractivity contribution in [1.29, 1.82) is 0 Å². The number of hydrogen-bond donors (Lipinski definition) is 2. The Morgan fingerprint density at radius 2 is 2.16 bits per heavy atom. The Balaban J connectivity index is 1.90. The van der Waals surface area contributed by atoms with Gasteiger partial charge in [-0.3, -0.25) is 4.79 Å². The number of thioether (sulfide) groups is 1. The maximum atomic E-state index is 11.9. The molecule has 6 heteroatoms. The molecule has 1 fully saturated rings. The Kier molecular flexibility index (Phi) is 4.79. The van der Waals surface area contributed by atoms with Crippen molar-refractivity contribution in [1.82, 2.24) is 4.98 Å². The standard InChI is InChI=1S/C13H16N2O3S/c16-12(7-9-2-5-19-6-3-9)15-11-8-10(13(17)18)1-4-14-11/h1,4,8-9H,2-3,5-7H2,(H,17,18)(H,14,15,16). The number of amides is 1. The van der Waals surface area contributed by atoms with Crippen LogP contribution in [0.25, 0.3) is 0 Å². The molecule has 19 heavy (non-hydrogen) atoms. The minimum atomic E-state index is -1.03. The molecule has 0 spiro atoms. The molecule has 1 aromatic rings. The number of aromatic nitrogens is 1. The number of nitrogens with one attached hydrogen (secondary N) is 1.